The van der Waals surface area contributed by atoms with Crippen molar-refractivity contribution in [1.29, 1.82) is 0 Å². The Morgan fingerprint density at radius 2 is 2.07 bits per heavy atom. The fraction of sp³-hybridized carbons (Fsp3) is 0.350. The molecule has 7 nitrogen and oxygen atoms in total. The molecule has 0 saturated carbocycles. The first-order valence-corrected chi connectivity index (χ1v) is 9.87. The topological polar surface area (TPSA) is 82.6 Å². The summed E-state index contributed by atoms with van der Waals surface area (Å²) >= 11 is 1.53. The molecule has 8 heteroatoms. The average molecular weight is 399 g/mol. The zero-order valence-electron chi connectivity index (χ0n) is 15.9. The van der Waals surface area contributed by atoms with Crippen molar-refractivity contribution in [1.82, 2.24) is 15.3 Å². The maximum absolute atomic E-state index is 11.5. The number of fused-ring (bicyclic) bond motifs is 1. The number of ether oxygens (including phenoxy) is 3. The van der Waals surface area contributed by atoms with Gasteiger partial charge in [-0.05, 0) is 31.2 Å². The number of rotatable bonds is 6. The summed E-state index contributed by atoms with van der Waals surface area (Å²) in [5.74, 6) is 1.97. The number of pyridine rings is 1. The number of nitrogens with zero attached hydrogens (tertiary/aromatic N) is 2. The number of nitrogens with one attached hydrogen (secondary N) is 1. The lowest BCUT2D eigenvalue weighted by Crippen LogP contribution is -2.25. The number of methoxy groups -OCH3 is 2. The number of hydrogen-bond acceptors (Lipinski definition) is 7. The van der Waals surface area contributed by atoms with Gasteiger partial charge in [0, 0.05) is 24.4 Å². The minimum absolute atomic E-state index is 0.0756. The van der Waals surface area contributed by atoms with Crippen LogP contribution < -0.4 is 19.5 Å². The van der Waals surface area contributed by atoms with E-state index in [1.165, 1.54) is 11.3 Å². The number of thiazole rings is 1. The predicted molar refractivity (Wildman–Crippen MR) is 107 cm³/mol. The summed E-state index contributed by atoms with van der Waals surface area (Å²) < 4.78 is 17.9. The van der Waals surface area contributed by atoms with Gasteiger partial charge in [-0.1, -0.05) is 0 Å². The van der Waals surface area contributed by atoms with Crippen LogP contribution in [0.3, 0.4) is 0 Å². The predicted octanol–water partition coefficient (Wildman–Crippen LogP) is 3.28. The maximum atomic E-state index is 11.5. The van der Waals surface area contributed by atoms with Crippen LogP contribution in [0.4, 0.5) is 0 Å². The molecule has 146 valence electrons. The Hall–Kier alpha value is -2.87. The van der Waals surface area contributed by atoms with E-state index in [4.69, 9.17) is 14.2 Å². The quantitative estimate of drug-likeness (QED) is 0.685. The van der Waals surface area contributed by atoms with E-state index in [0.717, 1.165) is 27.2 Å². The monoisotopic (exact) mass is 399 g/mol. The van der Waals surface area contributed by atoms with Crippen molar-refractivity contribution >= 4 is 27.5 Å². The number of benzene rings is 1. The van der Waals surface area contributed by atoms with Gasteiger partial charge in [-0.3, -0.25) is 4.79 Å². The van der Waals surface area contributed by atoms with Crippen LogP contribution in [0.5, 0.6) is 17.4 Å². The summed E-state index contributed by atoms with van der Waals surface area (Å²) in [6, 6.07) is 7.65. The van der Waals surface area contributed by atoms with Crippen molar-refractivity contribution in [3.8, 4) is 28.6 Å². The highest BCUT2D eigenvalue weighted by Gasteiger charge is 2.28. The highest BCUT2D eigenvalue weighted by Crippen LogP contribution is 2.37. The number of hydrogen-bond donors (Lipinski definition) is 1. The minimum Gasteiger partial charge on any atom is -0.491 e. The first-order valence-electron chi connectivity index (χ1n) is 8.99. The molecular formula is C20H21N3O4S. The van der Waals surface area contributed by atoms with Gasteiger partial charge in [0.2, 0.25) is 5.91 Å². The summed E-state index contributed by atoms with van der Waals surface area (Å²) in [4.78, 5) is 20.5. The molecular weight excluding hydrogens is 378 g/mol. The van der Waals surface area contributed by atoms with Crippen molar-refractivity contribution in [2.75, 3.05) is 20.8 Å². The normalized spacial score (nSPS) is 17.4. The van der Waals surface area contributed by atoms with Gasteiger partial charge in [-0.2, -0.15) is 0 Å². The van der Waals surface area contributed by atoms with Gasteiger partial charge in [0.15, 0.2) is 5.75 Å². The molecule has 1 amide bonds. The molecule has 1 unspecified atom stereocenters. The van der Waals surface area contributed by atoms with E-state index in [-0.39, 0.29) is 17.9 Å². The average Bonchev–Trinajstić information content (AvgIpc) is 3.36. The number of aromatic nitrogens is 2. The Morgan fingerprint density at radius 1 is 1.21 bits per heavy atom. The molecule has 1 fully saturated rings. The molecule has 28 heavy (non-hydrogen) atoms. The highest BCUT2D eigenvalue weighted by molar-refractivity contribution is 7.17. The standard InChI is InChI=1S/C20H21N3O4S/c1-11(13-8-18(24)21-9-13)27-17-7-12(6-15-19(17)28-10-22-15)14-4-5-16(25-2)20(23-14)26-3/h4-7,10-11,13H,8-9H2,1-3H3,(H,21,24)/t11?,13-/m1/s1. The first kappa shape index (κ1) is 18.5. The lowest BCUT2D eigenvalue weighted by atomic mass is 10.0. The largest absolute Gasteiger partial charge is 0.491 e. The zero-order chi connectivity index (χ0) is 19.7. The van der Waals surface area contributed by atoms with Crippen molar-refractivity contribution in [3.63, 3.8) is 0 Å². The zero-order valence-corrected chi connectivity index (χ0v) is 16.7. The van der Waals surface area contributed by atoms with Crippen molar-refractivity contribution < 1.29 is 19.0 Å². The van der Waals surface area contributed by atoms with E-state index in [1.54, 1.807) is 19.7 Å². The molecule has 0 bridgehead atoms. The van der Waals surface area contributed by atoms with Crippen molar-refractivity contribution in [2.24, 2.45) is 5.92 Å². The molecule has 0 aliphatic carbocycles. The Kier molecular flexibility index (Phi) is 5.04. The SMILES string of the molecule is COc1ccc(-c2cc(OC(C)[C@H]3CNC(=O)C3)c3scnc3c2)nc1OC. The Morgan fingerprint density at radius 3 is 2.79 bits per heavy atom. The minimum atomic E-state index is -0.0992. The van der Waals surface area contributed by atoms with Crippen LogP contribution in [-0.4, -0.2) is 42.7 Å². The van der Waals surface area contributed by atoms with Crippen LogP contribution in [-0.2, 0) is 4.79 Å². The second-order valence-electron chi connectivity index (χ2n) is 6.67. The van der Waals surface area contributed by atoms with E-state index in [0.29, 0.717) is 24.6 Å². The lowest BCUT2D eigenvalue weighted by molar-refractivity contribution is -0.119. The van der Waals surface area contributed by atoms with E-state index in [9.17, 15) is 4.79 Å². The molecule has 0 radical (unpaired) electrons. The van der Waals surface area contributed by atoms with Gasteiger partial charge in [0.1, 0.15) is 11.9 Å². The van der Waals surface area contributed by atoms with Gasteiger partial charge >= 0.3 is 0 Å². The van der Waals surface area contributed by atoms with Gasteiger partial charge < -0.3 is 19.5 Å². The third kappa shape index (κ3) is 3.47. The molecule has 1 aliphatic heterocycles. The van der Waals surface area contributed by atoms with E-state index >= 15 is 0 Å². The third-order valence-electron chi connectivity index (χ3n) is 4.92. The van der Waals surface area contributed by atoms with E-state index in [1.807, 2.05) is 31.2 Å². The summed E-state index contributed by atoms with van der Waals surface area (Å²) in [7, 11) is 3.14. The third-order valence-corrected chi connectivity index (χ3v) is 5.77. The Balaban J connectivity index is 1.70. The Labute approximate surface area is 166 Å². The molecule has 2 atom stereocenters. The lowest BCUT2D eigenvalue weighted by Gasteiger charge is -2.20. The smallest absolute Gasteiger partial charge is 0.257 e. The van der Waals surface area contributed by atoms with Crippen LogP contribution in [0.1, 0.15) is 13.3 Å². The van der Waals surface area contributed by atoms with Crippen LogP contribution in [0, 0.1) is 5.92 Å². The number of carbonyl (C=O) groups excluding carboxylic acids is 1. The second-order valence-corrected chi connectivity index (χ2v) is 7.53. The first-order chi connectivity index (χ1) is 13.6. The summed E-state index contributed by atoms with van der Waals surface area (Å²) in [5.41, 5.74) is 4.26. The second kappa shape index (κ2) is 7.63. The molecule has 3 heterocycles. The number of amides is 1. The molecule has 1 saturated heterocycles. The summed E-state index contributed by atoms with van der Waals surface area (Å²) in [6.07, 6.45) is 0.391. The molecule has 3 aromatic rings. The van der Waals surface area contributed by atoms with Crippen LogP contribution in [0.15, 0.2) is 29.8 Å². The van der Waals surface area contributed by atoms with Crippen molar-refractivity contribution in [2.45, 2.75) is 19.4 Å². The van der Waals surface area contributed by atoms with Crippen molar-refractivity contribution in [3.05, 3.63) is 29.8 Å². The van der Waals surface area contributed by atoms with Gasteiger partial charge in [-0.25, -0.2) is 9.97 Å². The highest BCUT2D eigenvalue weighted by atomic mass is 32.1. The van der Waals surface area contributed by atoms with Crippen LogP contribution >= 0.6 is 11.3 Å². The fourth-order valence-corrected chi connectivity index (χ4v) is 4.05. The summed E-state index contributed by atoms with van der Waals surface area (Å²) in [6.45, 7) is 2.64. The van der Waals surface area contributed by atoms with Crippen LogP contribution in [0.25, 0.3) is 21.5 Å². The maximum Gasteiger partial charge on any atom is 0.257 e. The Bertz CT molecular complexity index is 1020. The van der Waals surface area contributed by atoms with Gasteiger partial charge in [-0.15, -0.1) is 11.3 Å². The van der Waals surface area contributed by atoms with E-state index < -0.39 is 0 Å². The molecule has 0 spiro atoms. The fourth-order valence-electron chi connectivity index (χ4n) is 3.32. The summed E-state index contributed by atoms with van der Waals surface area (Å²) in [5, 5.41) is 2.86. The van der Waals surface area contributed by atoms with Gasteiger partial charge in [0.05, 0.1) is 35.6 Å². The molecule has 4 rings (SSSR count). The molecule has 1 aliphatic rings. The van der Waals surface area contributed by atoms with Crippen LogP contribution in [0.2, 0.25) is 0 Å². The molecule has 1 N–H and O–H groups in total. The van der Waals surface area contributed by atoms with E-state index in [2.05, 4.69) is 15.3 Å². The molecule has 1 aromatic carbocycles. The number of carbonyl (C=O) groups is 1. The van der Waals surface area contributed by atoms with Gasteiger partial charge in [0.25, 0.3) is 5.88 Å². The molecule has 2 aromatic heterocycles.